The van der Waals surface area contributed by atoms with Gasteiger partial charge in [0.1, 0.15) is 12.4 Å². The summed E-state index contributed by atoms with van der Waals surface area (Å²) in [5.74, 6) is -0.246. The van der Waals surface area contributed by atoms with Crippen LogP contribution in [0.25, 0.3) is 4.85 Å². The molecular formula is C19H18ClN3O4. The Labute approximate surface area is 162 Å². The van der Waals surface area contributed by atoms with Crippen LogP contribution in [0.3, 0.4) is 0 Å². The van der Waals surface area contributed by atoms with Gasteiger partial charge in [-0.15, -0.1) is 0 Å². The molecule has 1 amide bonds. The topological polar surface area (TPSA) is 107 Å². The van der Waals surface area contributed by atoms with Crippen molar-refractivity contribution in [1.82, 2.24) is 0 Å². The maximum atomic E-state index is 12.2. The van der Waals surface area contributed by atoms with Crippen LogP contribution < -0.4 is 10.1 Å². The molecule has 0 unspecified atom stereocenters. The molecule has 2 aromatic rings. The van der Waals surface area contributed by atoms with E-state index in [-0.39, 0.29) is 17.3 Å². The largest absolute Gasteiger partial charge is 0.490 e. The molecule has 7 nitrogen and oxygen atoms in total. The van der Waals surface area contributed by atoms with Gasteiger partial charge in [0.05, 0.1) is 18.2 Å². The summed E-state index contributed by atoms with van der Waals surface area (Å²) in [6, 6.07) is 12.7. The Morgan fingerprint density at radius 1 is 1.33 bits per heavy atom. The Bertz CT molecular complexity index is 868. The Morgan fingerprint density at radius 2 is 1.96 bits per heavy atom. The summed E-state index contributed by atoms with van der Waals surface area (Å²) in [7, 11) is 1.00. The van der Waals surface area contributed by atoms with Crippen molar-refractivity contribution in [2.45, 2.75) is 12.5 Å². The highest BCUT2D eigenvalue weighted by Crippen LogP contribution is 2.28. The van der Waals surface area contributed by atoms with Gasteiger partial charge < -0.3 is 20.3 Å². The minimum Gasteiger partial charge on any atom is -0.490 e. The van der Waals surface area contributed by atoms with E-state index in [9.17, 15) is 9.90 Å². The molecule has 2 aromatic carbocycles. The van der Waals surface area contributed by atoms with Crippen LogP contribution in [-0.4, -0.2) is 35.4 Å². The third-order valence-electron chi connectivity index (χ3n) is 3.32. The summed E-state index contributed by atoms with van der Waals surface area (Å²) < 4.78 is 5.40. The van der Waals surface area contributed by atoms with E-state index in [0.717, 1.165) is 7.11 Å². The fourth-order valence-corrected chi connectivity index (χ4v) is 2.08. The minimum atomic E-state index is -1.79. The smallest absolute Gasteiger partial charge is 0.259 e. The maximum absolute atomic E-state index is 12.2. The normalized spacial score (nSPS) is 11.7. The van der Waals surface area contributed by atoms with E-state index in [4.69, 9.17) is 33.3 Å². The van der Waals surface area contributed by atoms with Gasteiger partial charge in [-0.2, -0.15) is 5.26 Å². The Kier molecular flexibility index (Phi) is 8.25. The van der Waals surface area contributed by atoms with E-state index in [1.54, 1.807) is 24.3 Å². The lowest BCUT2D eigenvalue weighted by atomic mass is 10.1. The number of hydrogen-bond donors (Lipinski definition) is 3. The van der Waals surface area contributed by atoms with Crippen molar-refractivity contribution in [1.29, 1.82) is 5.26 Å². The maximum Gasteiger partial charge on any atom is 0.259 e. The Morgan fingerprint density at radius 3 is 2.48 bits per heavy atom. The second-order valence-corrected chi connectivity index (χ2v) is 5.84. The molecule has 0 aliphatic carbocycles. The van der Waals surface area contributed by atoms with Gasteiger partial charge in [-0.3, -0.25) is 4.79 Å². The number of ether oxygens (including phenoxy) is 1. The number of anilines is 1. The van der Waals surface area contributed by atoms with Crippen LogP contribution in [0.15, 0.2) is 42.5 Å². The van der Waals surface area contributed by atoms with Crippen LogP contribution in [0.1, 0.15) is 12.5 Å². The molecule has 8 heteroatoms. The van der Waals surface area contributed by atoms with E-state index >= 15 is 0 Å². The SMILES string of the molecule is CO.[C-]#[N+]c1ccc(NC(=O)[C@@](C)(O)COc2ccc(C#N)cc2)cc1Cl. The molecule has 0 radical (unpaired) electrons. The van der Waals surface area contributed by atoms with Crippen LogP contribution >= 0.6 is 11.6 Å². The molecule has 0 saturated heterocycles. The number of aliphatic hydroxyl groups is 2. The third-order valence-corrected chi connectivity index (χ3v) is 3.62. The van der Waals surface area contributed by atoms with Gasteiger partial charge in [0.25, 0.3) is 5.91 Å². The molecule has 0 spiro atoms. The summed E-state index contributed by atoms with van der Waals surface area (Å²) in [6.07, 6.45) is 0. The van der Waals surface area contributed by atoms with Crippen LogP contribution in [0.2, 0.25) is 5.02 Å². The predicted molar refractivity (Wildman–Crippen MR) is 102 cm³/mol. The molecule has 0 heterocycles. The molecule has 0 saturated carbocycles. The van der Waals surface area contributed by atoms with E-state index < -0.39 is 11.5 Å². The molecule has 27 heavy (non-hydrogen) atoms. The predicted octanol–water partition coefficient (Wildman–Crippen LogP) is 3.14. The molecule has 1 atom stereocenters. The number of nitrogens with one attached hydrogen (secondary N) is 1. The lowest BCUT2D eigenvalue weighted by Gasteiger charge is -2.22. The highest BCUT2D eigenvalue weighted by Gasteiger charge is 2.31. The first-order valence-electron chi connectivity index (χ1n) is 7.64. The summed E-state index contributed by atoms with van der Waals surface area (Å²) in [5.41, 5.74) is -0.674. The quantitative estimate of drug-likeness (QED) is 0.683. The lowest BCUT2D eigenvalue weighted by Crippen LogP contribution is -2.45. The molecule has 0 fully saturated rings. The van der Waals surface area contributed by atoms with Gasteiger partial charge in [0.2, 0.25) is 5.69 Å². The van der Waals surface area contributed by atoms with Crippen molar-refractivity contribution in [3.63, 3.8) is 0 Å². The van der Waals surface area contributed by atoms with Gasteiger partial charge in [-0.25, -0.2) is 4.85 Å². The third kappa shape index (κ3) is 6.28. The molecule has 0 aliphatic heterocycles. The number of amides is 1. The molecule has 3 N–H and O–H groups in total. The zero-order valence-electron chi connectivity index (χ0n) is 14.7. The van der Waals surface area contributed by atoms with E-state index in [0.29, 0.717) is 17.0 Å². The number of halogens is 1. The second kappa shape index (κ2) is 10.1. The summed E-state index contributed by atoms with van der Waals surface area (Å²) in [4.78, 5) is 15.5. The van der Waals surface area contributed by atoms with Crippen molar-refractivity contribution in [3.8, 4) is 11.8 Å². The van der Waals surface area contributed by atoms with E-state index in [2.05, 4.69) is 10.2 Å². The molecule has 0 aromatic heterocycles. The fraction of sp³-hybridized carbons (Fsp3) is 0.211. The number of nitrogens with zero attached hydrogens (tertiary/aromatic N) is 2. The Balaban J connectivity index is 0.00000176. The van der Waals surface area contributed by atoms with Crippen molar-refractivity contribution in [2.75, 3.05) is 19.0 Å². The van der Waals surface area contributed by atoms with Crippen LogP contribution in [-0.2, 0) is 4.79 Å². The lowest BCUT2D eigenvalue weighted by molar-refractivity contribution is -0.135. The first kappa shape index (κ1) is 21.9. The number of nitriles is 1. The van der Waals surface area contributed by atoms with Crippen LogP contribution in [0.4, 0.5) is 11.4 Å². The van der Waals surface area contributed by atoms with Crippen molar-refractivity contribution in [3.05, 3.63) is 64.5 Å². The highest BCUT2D eigenvalue weighted by atomic mass is 35.5. The summed E-state index contributed by atoms with van der Waals surface area (Å²) in [6.45, 7) is 7.98. The van der Waals surface area contributed by atoms with Crippen molar-refractivity contribution >= 4 is 28.9 Å². The van der Waals surface area contributed by atoms with Crippen molar-refractivity contribution < 1.29 is 19.7 Å². The van der Waals surface area contributed by atoms with Gasteiger partial charge >= 0.3 is 0 Å². The first-order chi connectivity index (χ1) is 12.9. The molecule has 0 bridgehead atoms. The van der Waals surface area contributed by atoms with Gasteiger partial charge in [0.15, 0.2) is 5.60 Å². The average molecular weight is 388 g/mol. The highest BCUT2D eigenvalue weighted by molar-refractivity contribution is 6.33. The monoisotopic (exact) mass is 387 g/mol. The van der Waals surface area contributed by atoms with E-state index in [1.165, 1.54) is 25.1 Å². The number of carbonyl (C=O) groups excluding carboxylic acids is 1. The molecular weight excluding hydrogens is 370 g/mol. The minimum absolute atomic E-state index is 0.210. The number of hydrogen-bond acceptors (Lipinski definition) is 5. The number of carbonyl (C=O) groups is 1. The second-order valence-electron chi connectivity index (χ2n) is 5.43. The zero-order chi connectivity index (χ0) is 20.4. The van der Waals surface area contributed by atoms with Crippen molar-refractivity contribution in [2.24, 2.45) is 0 Å². The average Bonchev–Trinajstić information content (AvgIpc) is 2.68. The van der Waals surface area contributed by atoms with E-state index in [1.807, 2.05) is 6.07 Å². The zero-order valence-corrected chi connectivity index (χ0v) is 15.5. The van der Waals surface area contributed by atoms with Gasteiger partial charge in [-0.1, -0.05) is 17.7 Å². The standard InChI is InChI=1S/C18H14ClN3O3.CH4O/c1-18(24,11-25-14-6-3-12(10-20)4-7-14)17(23)22-13-5-8-16(21-2)15(19)9-13;1-2/h3-9,24H,11H2,1H3,(H,22,23);2H,1H3/t18-;/m0./s1. The van der Waals surface area contributed by atoms with Crippen LogP contribution in [0, 0.1) is 17.9 Å². The number of aliphatic hydroxyl groups excluding tert-OH is 1. The fourth-order valence-electron chi connectivity index (χ4n) is 1.86. The number of rotatable bonds is 5. The summed E-state index contributed by atoms with van der Waals surface area (Å²) >= 11 is 5.92. The Hall–Kier alpha value is -3.10. The summed E-state index contributed by atoms with van der Waals surface area (Å²) in [5, 5.41) is 28.8. The molecule has 0 aliphatic rings. The first-order valence-corrected chi connectivity index (χ1v) is 8.02. The van der Waals surface area contributed by atoms with Gasteiger partial charge in [0, 0.05) is 17.8 Å². The van der Waals surface area contributed by atoms with Crippen LogP contribution in [0.5, 0.6) is 5.75 Å². The molecule has 140 valence electrons. The number of benzene rings is 2. The van der Waals surface area contributed by atoms with Gasteiger partial charge in [-0.05, 0) is 43.3 Å². The molecule has 2 rings (SSSR count).